The molecular weight excluding hydrogens is 318 g/mol. The predicted molar refractivity (Wildman–Crippen MR) is 86.4 cm³/mol. The maximum Gasteiger partial charge on any atom is 0.323 e. The number of thiocarbonyl (C=S) groups is 1. The normalized spacial score (nSPS) is 14.6. The van der Waals surface area contributed by atoms with Crippen molar-refractivity contribution in [1.82, 2.24) is 15.2 Å². The molecule has 7 nitrogen and oxygen atoms in total. The van der Waals surface area contributed by atoms with Crippen molar-refractivity contribution in [1.29, 1.82) is 0 Å². The van der Waals surface area contributed by atoms with E-state index in [2.05, 4.69) is 10.6 Å². The minimum absolute atomic E-state index is 0.0366. The fourth-order valence-corrected chi connectivity index (χ4v) is 2.61. The maximum absolute atomic E-state index is 11.9. The minimum Gasteiger partial charge on any atom is -0.480 e. The van der Waals surface area contributed by atoms with Crippen molar-refractivity contribution in [3.63, 3.8) is 0 Å². The number of amides is 2. The molecule has 1 saturated heterocycles. The first-order valence-corrected chi connectivity index (χ1v) is 7.04. The molecule has 8 heteroatoms. The molecule has 1 aromatic heterocycles. The molecule has 3 N–H and O–H groups in total. The molecule has 0 spiro atoms. The lowest BCUT2D eigenvalue weighted by atomic mass is 10.1. The lowest BCUT2D eigenvalue weighted by molar-refractivity contribution is -0.137. The molecule has 1 fully saturated rings. The summed E-state index contributed by atoms with van der Waals surface area (Å²) in [6, 6.07) is 7.15. The van der Waals surface area contributed by atoms with Crippen molar-refractivity contribution in [3.8, 4) is 0 Å². The summed E-state index contributed by atoms with van der Waals surface area (Å²) in [6.45, 7) is -0.216. The smallest absolute Gasteiger partial charge is 0.323 e. The van der Waals surface area contributed by atoms with Gasteiger partial charge in [0.15, 0.2) is 5.11 Å². The van der Waals surface area contributed by atoms with Gasteiger partial charge in [-0.2, -0.15) is 0 Å². The van der Waals surface area contributed by atoms with Crippen molar-refractivity contribution in [3.05, 3.63) is 41.6 Å². The molecule has 0 atom stereocenters. The Morgan fingerprint density at radius 2 is 1.87 bits per heavy atom. The van der Waals surface area contributed by atoms with E-state index in [9.17, 15) is 14.4 Å². The van der Waals surface area contributed by atoms with E-state index in [4.69, 9.17) is 17.3 Å². The van der Waals surface area contributed by atoms with Crippen LogP contribution in [0.2, 0.25) is 0 Å². The second-order valence-electron chi connectivity index (χ2n) is 4.92. The van der Waals surface area contributed by atoms with Crippen LogP contribution in [0.4, 0.5) is 0 Å². The van der Waals surface area contributed by atoms with E-state index in [0.29, 0.717) is 11.1 Å². The molecule has 0 saturated carbocycles. The first kappa shape index (κ1) is 14.9. The number of hydrogen-bond acceptors (Lipinski definition) is 4. The number of rotatable bonds is 3. The van der Waals surface area contributed by atoms with Gasteiger partial charge in [-0.25, -0.2) is 0 Å². The summed E-state index contributed by atoms with van der Waals surface area (Å²) in [5.74, 6) is -2.16. The van der Waals surface area contributed by atoms with Crippen LogP contribution in [0.5, 0.6) is 0 Å². The fourth-order valence-electron chi connectivity index (χ4n) is 2.43. The number of nitrogens with one attached hydrogen (secondary N) is 2. The summed E-state index contributed by atoms with van der Waals surface area (Å²) >= 11 is 4.75. The highest BCUT2D eigenvalue weighted by Crippen LogP contribution is 2.24. The lowest BCUT2D eigenvalue weighted by Gasteiger charge is -2.16. The zero-order chi connectivity index (χ0) is 16.6. The first-order chi connectivity index (χ1) is 11.0. The Kier molecular flexibility index (Phi) is 3.67. The van der Waals surface area contributed by atoms with Gasteiger partial charge in [-0.3, -0.25) is 25.0 Å². The van der Waals surface area contributed by atoms with Crippen LogP contribution >= 0.6 is 12.2 Å². The van der Waals surface area contributed by atoms with Gasteiger partial charge < -0.3 is 9.67 Å². The van der Waals surface area contributed by atoms with E-state index in [1.807, 2.05) is 0 Å². The van der Waals surface area contributed by atoms with Crippen molar-refractivity contribution < 1.29 is 19.5 Å². The van der Waals surface area contributed by atoms with Crippen molar-refractivity contribution in [2.45, 2.75) is 6.54 Å². The van der Waals surface area contributed by atoms with Crippen LogP contribution in [0.1, 0.15) is 5.56 Å². The van der Waals surface area contributed by atoms with Gasteiger partial charge in [-0.1, -0.05) is 18.2 Å². The molecule has 1 aliphatic heterocycles. The lowest BCUT2D eigenvalue weighted by Crippen LogP contribution is -2.51. The Balaban J connectivity index is 2.11. The van der Waals surface area contributed by atoms with E-state index in [1.54, 1.807) is 35.0 Å². The predicted octanol–water partition coefficient (Wildman–Crippen LogP) is 0.640. The quantitative estimate of drug-likeness (QED) is 0.436. The SMILES string of the molecule is O=C(O)Cn1cc(C=C2C(=O)NC(=S)NC2=O)c2ccccc21. The summed E-state index contributed by atoms with van der Waals surface area (Å²) < 4.78 is 1.55. The van der Waals surface area contributed by atoms with E-state index in [0.717, 1.165) is 5.39 Å². The molecule has 23 heavy (non-hydrogen) atoms. The van der Waals surface area contributed by atoms with Gasteiger partial charge in [0.25, 0.3) is 11.8 Å². The number of carboxylic acid groups (broad SMARTS) is 1. The number of carbonyl (C=O) groups excluding carboxylic acids is 2. The van der Waals surface area contributed by atoms with Crippen LogP contribution in [0.3, 0.4) is 0 Å². The topological polar surface area (TPSA) is 100 Å². The number of aromatic nitrogens is 1. The number of fused-ring (bicyclic) bond motifs is 1. The number of para-hydroxylation sites is 1. The standard InChI is InChI=1S/C15H11N3O4S/c19-12(20)7-18-6-8(9-3-1-2-4-11(9)18)5-10-13(21)16-15(23)17-14(10)22/h1-6H,7H2,(H,19,20)(H2,16,17,21,22,23). The summed E-state index contributed by atoms with van der Waals surface area (Å²) in [5, 5.41) is 14.4. The summed E-state index contributed by atoms with van der Waals surface area (Å²) in [6.07, 6.45) is 3.02. The minimum atomic E-state index is -0.983. The average molecular weight is 329 g/mol. The molecule has 2 aromatic rings. The van der Waals surface area contributed by atoms with Crippen molar-refractivity contribution in [2.75, 3.05) is 0 Å². The second-order valence-corrected chi connectivity index (χ2v) is 5.33. The van der Waals surface area contributed by atoms with Gasteiger partial charge in [0.1, 0.15) is 12.1 Å². The van der Waals surface area contributed by atoms with Gasteiger partial charge in [0.05, 0.1) is 0 Å². The van der Waals surface area contributed by atoms with Crippen LogP contribution in [-0.4, -0.2) is 32.6 Å². The summed E-state index contributed by atoms with van der Waals surface area (Å²) in [4.78, 5) is 34.8. The third kappa shape index (κ3) is 2.84. The monoisotopic (exact) mass is 329 g/mol. The summed E-state index contributed by atoms with van der Waals surface area (Å²) in [7, 11) is 0. The fraction of sp³-hybridized carbons (Fsp3) is 0.0667. The van der Waals surface area contributed by atoms with Gasteiger partial charge in [-0.05, 0) is 24.4 Å². The van der Waals surface area contributed by atoms with Gasteiger partial charge in [0.2, 0.25) is 0 Å². The first-order valence-electron chi connectivity index (χ1n) is 6.64. The van der Waals surface area contributed by atoms with Crippen LogP contribution in [-0.2, 0) is 20.9 Å². The maximum atomic E-state index is 11.9. The van der Waals surface area contributed by atoms with Gasteiger partial charge >= 0.3 is 5.97 Å². The van der Waals surface area contributed by atoms with Crippen molar-refractivity contribution in [2.24, 2.45) is 0 Å². The average Bonchev–Trinajstić information content (AvgIpc) is 2.80. The van der Waals surface area contributed by atoms with Crippen molar-refractivity contribution >= 4 is 52.1 Å². The van der Waals surface area contributed by atoms with Crippen LogP contribution in [0.15, 0.2) is 36.0 Å². The van der Waals surface area contributed by atoms with E-state index in [-0.39, 0.29) is 17.2 Å². The Hall–Kier alpha value is -3.00. The van der Waals surface area contributed by atoms with Gasteiger partial charge in [0, 0.05) is 22.7 Å². The molecular formula is C15H11N3O4S. The number of carboxylic acids is 1. The Morgan fingerprint density at radius 1 is 1.22 bits per heavy atom. The molecule has 1 aromatic carbocycles. The number of aliphatic carboxylic acids is 1. The zero-order valence-corrected chi connectivity index (χ0v) is 12.5. The number of hydrogen-bond donors (Lipinski definition) is 3. The van der Waals surface area contributed by atoms with E-state index >= 15 is 0 Å². The molecule has 2 heterocycles. The highest BCUT2D eigenvalue weighted by molar-refractivity contribution is 7.80. The molecule has 3 rings (SSSR count). The second kappa shape index (κ2) is 5.65. The Morgan fingerprint density at radius 3 is 2.52 bits per heavy atom. The Bertz CT molecular complexity index is 875. The van der Waals surface area contributed by atoms with E-state index in [1.165, 1.54) is 6.08 Å². The van der Waals surface area contributed by atoms with Crippen LogP contribution in [0.25, 0.3) is 17.0 Å². The van der Waals surface area contributed by atoms with Crippen LogP contribution in [0, 0.1) is 0 Å². The number of benzene rings is 1. The largest absolute Gasteiger partial charge is 0.480 e. The molecule has 0 bridgehead atoms. The molecule has 0 aliphatic carbocycles. The molecule has 2 amide bonds. The highest BCUT2D eigenvalue weighted by Gasteiger charge is 2.26. The number of carbonyl (C=O) groups is 3. The highest BCUT2D eigenvalue weighted by atomic mass is 32.1. The number of nitrogens with zero attached hydrogens (tertiary/aromatic N) is 1. The Labute approximate surface area is 135 Å². The molecule has 116 valence electrons. The molecule has 0 unspecified atom stereocenters. The third-order valence-electron chi connectivity index (χ3n) is 3.37. The van der Waals surface area contributed by atoms with E-state index < -0.39 is 17.8 Å². The summed E-state index contributed by atoms with van der Waals surface area (Å²) in [5.41, 5.74) is 1.20. The third-order valence-corrected chi connectivity index (χ3v) is 3.57. The van der Waals surface area contributed by atoms with Gasteiger partial charge in [-0.15, -0.1) is 0 Å². The van der Waals surface area contributed by atoms with Crippen LogP contribution < -0.4 is 10.6 Å². The zero-order valence-electron chi connectivity index (χ0n) is 11.7. The molecule has 1 aliphatic rings. The molecule has 0 radical (unpaired) electrons.